The summed E-state index contributed by atoms with van der Waals surface area (Å²) in [6.07, 6.45) is -4.43. The summed E-state index contributed by atoms with van der Waals surface area (Å²) in [7, 11) is -3.91. The lowest BCUT2D eigenvalue weighted by molar-refractivity contribution is -0.153. The minimum atomic E-state index is -4.43. The Hall–Kier alpha value is -2.30. The second-order valence-corrected chi connectivity index (χ2v) is 8.21. The van der Waals surface area contributed by atoms with Gasteiger partial charge in [0.15, 0.2) is 6.61 Å². The quantitative estimate of drug-likeness (QED) is 0.646. The highest BCUT2D eigenvalue weighted by Crippen LogP contribution is 2.19. The molecule has 0 bridgehead atoms. The standard InChI is InChI=1S/C18H18ClF3N2O4S/c1-12(24-29(26,27)16-8-4-14(19)5-9-16)17(25)23-10-13-2-6-15(7-3-13)28-11-18(20,21)22/h2-9,12,24H,10-11H2,1H3,(H,23,25)/t12-/m0/s1. The zero-order chi connectivity index (χ0) is 21.7. The average molecular weight is 451 g/mol. The first-order chi connectivity index (χ1) is 13.5. The van der Waals surface area contributed by atoms with Crippen LogP contribution in [0.4, 0.5) is 13.2 Å². The molecule has 2 aromatic carbocycles. The fraction of sp³-hybridized carbons (Fsp3) is 0.278. The Morgan fingerprint density at radius 2 is 1.69 bits per heavy atom. The molecule has 0 fully saturated rings. The molecular formula is C18H18ClF3N2O4S. The van der Waals surface area contributed by atoms with Gasteiger partial charge in [-0.25, -0.2) is 8.42 Å². The largest absolute Gasteiger partial charge is 0.484 e. The molecule has 0 saturated carbocycles. The summed E-state index contributed by atoms with van der Waals surface area (Å²) in [6.45, 7) is 0.0522. The van der Waals surface area contributed by atoms with Crippen molar-refractivity contribution >= 4 is 27.5 Å². The lowest BCUT2D eigenvalue weighted by atomic mass is 10.2. The Bertz CT molecular complexity index is 933. The molecule has 0 aliphatic rings. The Balaban J connectivity index is 1.87. The summed E-state index contributed by atoms with van der Waals surface area (Å²) < 4.78 is 67.8. The molecule has 1 atom stereocenters. The molecule has 6 nitrogen and oxygen atoms in total. The van der Waals surface area contributed by atoms with Gasteiger partial charge in [-0.3, -0.25) is 4.79 Å². The molecule has 0 aromatic heterocycles. The van der Waals surface area contributed by atoms with E-state index >= 15 is 0 Å². The van der Waals surface area contributed by atoms with Gasteiger partial charge < -0.3 is 10.1 Å². The van der Waals surface area contributed by atoms with Crippen LogP contribution in [-0.4, -0.2) is 33.1 Å². The fourth-order valence-electron chi connectivity index (χ4n) is 2.18. The highest BCUT2D eigenvalue weighted by Gasteiger charge is 2.28. The van der Waals surface area contributed by atoms with Gasteiger partial charge in [-0.15, -0.1) is 0 Å². The summed E-state index contributed by atoms with van der Waals surface area (Å²) in [4.78, 5) is 12.1. The third-order valence-corrected chi connectivity index (χ3v) is 5.45. The van der Waals surface area contributed by atoms with Gasteiger partial charge in [0, 0.05) is 11.6 Å². The van der Waals surface area contributed by atoms with E-state index in [4.69, 9.17) is 11.6 Å². The molecule has 29 heavy (non-hydrogen) atoms. The third kappa shape index (κ3) is 7.56. The third-order valence-electron chi connectivity index (χ3n) is 3.64. The van der Waals surface area contributed by atoms with Gasteiger partial charge in [0.1, 0.15) is 5.75 Å². The van der Waals surface area contributed by atoms with Crippen molar-refractivity contribution in [2.75, 3.05) is 6.61 Å². The van der Waals surface area contributed by atoms with E-state index in [2.05, 4.69) is 14.8 Å². The van der Waals surface area contributed by atoms with Crippen molar-refractivity contribution in [1.82, 2.24) is 10.0 Å². The molecule has 0 heterocycles. The second kappa shape index (κ2) is 9.47. The van der Waals surface area contributed by atoms with E-state index in [9.17, 15) is 26.4 Å². The highest BCUT2D eigenvalue weighted by molar-refractivity contribution is 7.89. The van der Waals surface area contributed by atoms with Gasteiger partial charge in [-0.05, 0) is 48.9 Å². The number of ether oxygens (including phenoxy) is 1. The number of benzene rings is 2. The van der Waals surface area contributed by atoms with Crippen molar-refractivity contribution in [3.8, 4) is 5.75 Å². The number of hydrogen-bond donors (Lipinski definition) is 2. The van der Waals surface area contributed by atoms with E-state index in [1.165, 1.54) is 55.5 Å². The van der Waals surface area contributed by atoms with Crippen molar-refractivity contribution in [3.05, 3.63) is 59.1 Å². The maximum Gasteiger partial charge on any atom is 0.422 e. The van der Waals surface area contributed by atoms with Gasteiger partial charge >= 0.3 is 6.18 Å². The van der Waals surface area contributed by atoms with E-state index in [1.807, 2.05) is 0 Å². The van der Waals surface area contributed by atoms with E-state index in [0.29, 0.717) is 10.6 Å². The minimum Gasteiger partial charge on any atom is -0.484 e. The fourth-order valence-corrected chi connectivity index (χ4v) is 3.51. The molecule has 1 amide bonds. The first kappa shape index (κ1) is 23.0. The van der Waals surface area contributed by atoms with Crippen molar-refractivity contribution in [3.63, 3.8) is 0 Å². The molecule has 2 rings (SSSR count). The predicted octanol–water partition coefficient (Wildman–Crippen LogP) is 3.26. The smallest absolute Gasteiger partial charge is 0.422 e. The maximum atomic E-state index is 12.3. The Kier molecular flexibility index (Phi) is 7.50. The maximum absolute atomic E-state index is 12.3. The lowest BCUT2D eigenvalue weighted by Gasteiger charge is -2.15. The molecule has 0 saturated heterocycles. The number of amides is 1. The number of nitrogens with one attached hydrogen (secondary N) is 2. The average Bonchev–Trinajstić information content (AvgIpc) is 2.64. The monoisotopic (exact) mass is 450 g/mol. The first-order valence-corrected chi connectivity index (χ1v) is 10.2. The van der Waals surface area contributed by atoms with Crippen molar-refractivity contribution in [2.24, 2.45) is 0 Å². The van der Waals surface area contributed by atoms with Gasteiger partial charge in [-0.1, -0.05) is 23.7 Å². The normalized spacial score (nSPS) is 13.0. The zero-order valence-corrected chi connectivity index (χ0v) is 16.7. The Labute approximate surface area is 171 Å². The molecule has 2 N–H and O–H groups in total. The van der Waals surface area contributed by atoms with Gasteiger partial charge in [-0.2, -0.15) is 17.9 Å². The van der Waals surface area contributed by atoms with Crippen molar-refractivity contribution in [2.45, 2.75) is 30.6 Å². The van der Waals surface area contributed by atoms with E-state index in [-0.39, 0.29) is 17.2 Å². The van der Waals surface area contributed by atoms with Crippen LogP contribution in [-0.2, 0) is 21.4 Å². The van der Waals surface area contributed by atoms with Crippen molar-refractivity contribution < 1.29 is 31.1 Å². The van der Waals surface area contributed by atoms with Gasteiger partial charge in [0.05, 0.1) is 10.9 Å². The summed E-state index contributed by atoms with van der Waals surface area (Å²) in [6, 6.07) is 10.1. The molecule has 0 aliphatic carbocycles. The first-order valence-electron chi connectivity index (χ1n) is 8.30. The van der Waals surface area contributed by atoms with Crippen LogP contribution >= 0.6 is 11.6 Å². The number of sulfonamides is 1. The number of alkyl halides is 3. The predicted molar refractivity (Wildman–Crippen MR) is 101 cm³/mol. The number of halogens is 4. The molecule has 0 aliphatic heterocycles. The van der Waals surface area contributed by atoms with Crippen LogP contribution in [0.3, 0.4) is 0 Å². The molecule has 0 radical (unpaired) electrons. The molecule has 158 valence electrons. The second-order valence-electron chi connectivity index (χ2n) is 6.06. The Morgan fingerprint density at radius 1 is 1.10 bits per heavy atom. The zero-order valence-electron chi connectivity index (χ0n) is 15.2. The SMILES string of the molecule is C[C@H](NS(=O)(=O)c1ccc(Cl)cc1)C(=O)NCc1ccc(OCC(F)(F)F)cc1. The van der Waals surface area contributed by atoms with E-state index < -0.39 is 34.8 Å². The van der Waals surface area contributed by atoms with Crippen LogP contribution in [0, 0.1) is 0 Å². The van der Waals surface area contributed by atoms with E-state index in [0.717, 1.165) is 0 Å². The van der Waals surface area contributed by atoms with E-state index in [1.54, 1.807) is 0 Å². The van der Waals surface area contributed by atoms with Crippen LogP contribution in [0.1, 0.15) is 12.5 Å². The highest BCUT2D eigenvalue weighted by atomic mass is 35.5. The summed E-state index contributed by atoms with van der Waals surface area (Å²) in [5.74, 6) is -0.526. The minimum absolute atomic E-state index is 0.0315. The van der Waals surface area contributed by atoms with Gasteiger partial charge in [0.2, 0.25) is 15.9 Å². The lowest BCUT2D eigenvalue weighted by Crippen LogP contribution is -2.44. The van der Waals surface area contributed by atoms with Crippen LogP contribution in [0.25, 0.3) is 0 Å². The Morgan fingerprint density at radius 3 is 2.24 bits per heavy atom. The summed E-state index contributed by atoms with van der Waals surface area (Å²) >= 11 is 5.73. The topological polar surface area (TPSA) is 84.5 Å². The number of hydrogen-bond acceptors (Lipinski definition) is 4. The number of rotatable bonds is 8. The van der Waals surface area contributed by atoms with Crippen LogP contribution < -0.4 is 14.8 Å². The molecular weight excluding hydrogens is 433 g/mol. The molecule has 0 unspecified atom stereocenters. The molecule has 2 aromatic rings. The summed E-state index contributed by atoms with van der Waals surface area (Å²) in [5.41, 5.74) is 0.602. The van der Waals surface area contributed by atoms with Crippen molar-refractivity contribution in [1.29, 1.82) is 0 Å². The van der Waals surface area contributed by atoms with Crippen LogP contribution in [0.2, 0.25) is 5.02 Å². The molecule has 0 spiro atoms. The summed E-state index contributed by atoms with van der Waals surface area (Å²) in [5, 5.41) is 2.93. The van der Waals surface area contributed by atoms with Crippen LogP contribution in [0.15, 0.2) is 53.4 Å². The number of carbonyl (C=O) groups is 1. The number of carbonyl (C=O) groups excluding carboxylic acids is 1. The van der Waals surface area contributed by atoms with Gasteiger partial charge in [0.25, 0.3) is 0 Å². The molecule has 11 heteroatoms. The van der Waals surface area contributed by atoms with Crippen LogP contribution in [0.5, 0.6) is 5.75 Å².